The molecule has 2 amide bonds. The van der Waals surface area contributed by atoms with E-state index in [4.69, 9.17) is 23.2 Å². The molecule has 1 saturated carbocycles. The fourth-order valence-corrected chi connectivity index (χ4v) is 3.44. The minimum Gasteiger partial charge on any atom is -0.342 e. The zero-order valence-corrected chi connectivity index (χ0v) is 14.4. The molecular formula is C17H20Cl2N2O2. The van der Waals surface area contributed by atoms with Crippen LogP contribution in [-0.2, 0) is 9.59 Å². The van der Waals surface area contributed by atoms with Crippen LogP contribution in [0.1, 0.15) is 32.1 Å². The van der Waals surface area contributed by atoms with Crippen LogP contribution in [0, 0.1) is 11.8 Å². The van der Waals surface area contributed by atoms with Crippen molar-refractivity contribution < 1.29 is 9.59 Å². The Kier molecular flexibility index (Phi) is 5.12. The summed E-state index contributed by atoms with van der Waals surface area (Å²) in [7, 11) is 0. The molecule has 3 rings (SSSR count). The first-order valence-corrected chi connectivity index (χ1v) is 8.85. The van der Waals surface area contributed by atoms with Gasteiger partial charge < -0.3 is 10.2 Å². The molecule has 2 fully saturated rings. The average Bonchev–Trinajstić information content (AvgIpc) is 2.49. The second kappa shape index (κ2) is 7.10. The van der Waals surface area contributed by atoms with E-state index < -0.39 is 0 Å². The first-order chi connectivity index (χ1) is 11.0. The van der Waals surface area contributed by atoms with Gasteiger partial charge in [0.2, 0.25) is 11.8 Å². The van der Waals surface area contributed by atoms with E-state index in [0.29, 0.717) is 41.7 Å². The highest BCUT2D eigenvalue weighted by molar-refractivity contribution is 6.35. The minimum absolute atomic E-state index is 0.0510. The van der Waals surface area contributed by atoms with Crippen molar-refractivity contribution in [1.82, 2.24) is 4.90 Å². The smallest absolute Gasteiger partial charge is 0.227 e. The van der Waals surface area contributed by atoms with Crippen LogP contribution in [0.2, 0.25) is 10.0 Å². The molecule has 1 aliphatic carbocycles. The minimum atomic E-state index is -0.0875. The molecule has 1 aromatic rings. The zero-order chi connectivity index (χ0) is 16.4. The molecule has 1 saturated heterocycles. The number of carbonyl (C=O) groups is 2. The number of hydrogen-bond acceptors (Lipinski definition) is 2. The molecule has 2 aliphatic rings. The molecule has 1 N–H and O–H groups in total. The molecule has 6 heteroatoms. The van der Waals surface area contributed by atoms with Gasteiger partial charge in [-0.1, -0.05) is 29.6 Å². The second-order valence-corrected chi connectivity index (χ2v) is 7.18. The summed E-state index contributed by atoms with van der Waals surface area (Å²) < 4.78 is 0. The van der Waals surface area contributed by atoms with Crippen molar-refractivity contribution in [3.63, 3.8) is 0 Å². The third-order valence-corrected chi connectivity index (χ3v) is 5.38. The highest BCUT2D eigenvalue weighted by Crippen LogP contribution is 2.31. The van der Waals surface area contributed by atoms with Gasteiger partial charge in [0, 0.05) is 29.9 Å². The van der Waals surface area contributed by atoms with Gasteiger partial charge in [-0.25, -0.2) is 0 Å². The van der Waals surface area contributed by atoms with E-state index in [2.05, 4.69) is 5.32 Å². The summed E-state index contributed by atoms with van der Waals surface area (Å²) in [5.41, 5.74) is 0.539. The predicted octanol–water partition coefficient (Wildman–Crippen LogP) is 3.97. The van der Waals surface area contributed by atoms with Crippen molar-refractivity contribution in [2.24, 2.45) is 11.8 Å². The summed E-state index contributed by atoms with van der Waals surface area (Å²) >= 11 is 12.0. The first-order valence-electron chi connectivity index (χ1n) is 8.09. The normalized spacial score (nSPS) is 19.3. The van der Waals surface area contributed by atoms with Gasteiger partial charge in [0.15, 0.2) is 0 Å². The number of amides is 2. The Morgan fingerprint density at radius 3 is 2.35 bits per heavy atom. The maximum absolute atomic E-state index is 12.4. The number of nitrogens with one attached hydrogen (secondary N) is 1. The van der Waals surface area contributed by atoms with Crippen molar-refractivity contribution in [3.8, 4) is 0 Å². The van der Waals surface area contributed by atoms with E-state index in [-0.39, 0.29) is 23.7 Å². The lowest BCUT2D eigenvalue weighted by Gasteiger charge is -2.36. The fourth-order valence-electron chi connectivity index (χ4n) is 3.10. The molecule has 0 aromatic heterocycles. The molecule has 0 spiro atoms. The van der Waals surface area contributed by atoms with Gasteiger partial charge in [0.1, 0.15) is 0 Å². The van der Waals surface area contributed by atoms with Gasteiger partial charge in [0.25, 0.3) is 0 Å². The third-order valence-electron chi connectivity index (χ3n) is 4.82. The van der Waals surface area contributed by atoms with Crippen LogP contribution in [0.3, 0.4) is 0 Å². The molecule has 1 heterocycles. The fraction of sp³-hybridized carbons (Fsp3) is 0.529. The standard InChI is InChI=1S/C17H20Cl2N2O2/c18-13-4-5-14(19)15(10-13)20-16(22)11-6-8-21(9-7-11)17(23)12-2-1-3-12/h4-5,10-12H,1-3,6-9H2,(H,20,22). The number of carbonyl (C=O) groups excluding carboxylic acids is 2. The van der Waals surface area contributed by atoms with E-state index in [1.807, 2.05) is 4.90 Å². The topological polar surface area (TPSA) is 49.4 Å². The Hall–Kier alpha value is -1.26. The lowest BCUT2D eigenvalue weighted by molar-refractivity contribution is -0.140. The van der Waals surface area contributed by atoms with Gasteiger partial charge in [-0.15, -0.1) is 0 Å². The van der Waals surface area contributed by atoms with Crippen LogP contribution < -0.4 is 5.32 Å². The first kappa shape index (κ1) is 16.6. The number of hydrogen-bond donors (Lipinski definition) is 1. The lowest BCUT2D eigenvalue weighted by atomic mass is 9.83. The Morgan fingerprint density at radius 2 is 1.74 bits per heavy atom. The average molecular weight is 355 g/mol. The molecule has 0 radical (unpaired) electrons. The monoisotopic (exact) mass is 354 g/mol. The van der Waals surface area contributed by atoms with Crippen LogP contribution in [0.25, 0.3) is 0 Å². The van der Waals surface area contributed by atoms with Crippen LogP contribution in [-0.4, -0.2) is 29.8 Å². The van der Waals surface area contributed by atoms with Gasteiger partial charge in [-0.3, -0.25) is 9.59 Å². The molecular weight excluding hydrogens is 335 g/mol. The SMILES string of the molecule is O=C(Nc1cc(Cl)ccc1Cl)C1CCN(C(=O)C2CCC2)CC1. The van der Waals surface area contributed by atoms with Crippen LogP contribution in [0.15, 0.2) is 18.2 Å². The number of rotatable bonds is 3. The maximum Gasteiger partial charge on any atom is 0.227 e. The lowest BCUT2D eigenvalue weighted by Crippen LogP contribution is -2.45. The Morgan fingerprint density at radius 1 is 1.04 bits per heavy atom. The van der Waals surface area contributed by atoms with Crippen molar-refractivity contribution in [2.45, 2.75) is 32.1 Å². The summed E-state index contributed by atoms with van der Waals surface area (Å²) in [6.45, 7) is 1.33. The Balaban J connectivity index is 1.53. The highest BCUT2D eigenvalue weighted by Gasteiger charge is 2.33. The highest BCUT2D eigenvalue weighted by atomic mass is 35.5. The molecule has 1 aliphatic heterocycles. The maximum atomic E-state index is 12.4. The molecule has 1 aromatic carbocycles. The van der Waals surface area contributed by atoms with Crippen molar-refractivity contribution in [2.75, 3.05) is 18.4 Å². The molecule has 0 atom stereocenters. The third kappa shape index (κ3) is 3.81. The molecule has 0 bridgehead atoms. The Labute approximate surface area is 146 Å². The number of benzene rings is 1. The summed E-state index contributed by atoms with van der Waals surface area (Å²) in [6.07, 6.45) is 4.60. The predicted molar refractivity (Wildman–Crippen MR) is 91.7 cm³/mol. The van der Waals surface area contributed by atoms with Crippen molar-refractivity contribution in [1.29, 1.82) is 0 Å². The largest absolute Gasteiger partial charge is 0.342 e. The number of anilines is 1. The van der Waals surface area contributed by atoms with E-state index in [0.717, 1.165) is 19.3 Å². The van der Waals surface area contributed by atoms with Gasteiger partial charge >= 0.3 is 0 Å². The van der Waals surface area contributed by atoms with Gasteiger partial charge in [0.05, 0.1) is 10.7 Å². The zero-order valence-electron chi connectivity index (χ0n) is 12.9. The van der Waals surface area contributed by atoms with E-state index in [9.17, 15) is 9.59 Å². The molecule has 4 nitrogen and oxygen atoms in total. The summed E-state index contributed by atoms with van der Waals surface area (Å²) in [4.78, 5) is 26.5. The number of piperidine rings is 1. The van der Waals surface area contributed by atoms with Gasteiger partial charge in [-0.2, -0.15) is 0 Å². The quantitative estimate of drug-likeness (QED) is 0.892. The number of halogens is 2. The van der Waals surface area contributed by atoms with E-state index in [1.165, 1.54) is 0 Å². The second-order valence-electron chi connectivity index (χ2n) is 6.34. The molecule has 0 unspecified atom stereocenters. The van der Waals surface area contributed by atoms with Crippen molar-refractivity contribution in [3.05, 3.63) is 28.2 Å². The summed E-state index contributed by atoms with van der Waals surface area (Å²) in [6, 6.07) is 5.00. The number of nitrogens with zero attached hydrogens (tertiary/aromatic N) is 1. The van der Waals surface area contributed by atoms with E-state index >= 15 is 0 Å². The van der Waals surface area contributed by atoms with Crippen LogP contribution in [0.5, 0.6) is 0 Å². The van der Waals surface area contributed by atoms with Crippen LogP contribution in [0.4, 0.5) is 5.69 Å². The van der Waals surface area contributed by atoms with Crippen LogP contribution >= 0.6 is 23.2 Å². The number of likely N-dealkylation sites (tertiary alicyclic amines) is 1. The molecule has 23 heavy (non-hydrogen) atoms. The Bertz CT molecular complexity index is 609. The summed E-state index contributed by atoms with van der Waals surface area (Å²) in [5.74, 6) is 0.360. The van der Waals surface area contributed by atoms with E-state index in [1.54, 1.807) is 18.2 Å². The molecule has 124 valence electrons. The summed E-state index contributed by atoms with van der Waals surface area (Å²) in [5, 5.41) is 3.86. The van der Waals surface area contributed by atoms with Crippen molar-refractivity contribution >= 4 is 40.7 Å². The van der Waals surface area contributed by atoms with Gasteiger partial charge in [-0.05, 0) is 43.9 Å².